The molecule has 0 atom stereocenters. The van der Waals surface area contributed by atoms with E-state index in [1.54, 1.807) is 6.07 Å². The van der Waals surface area contributed by atoms with Gasteiger partial charge in [-0.25, -0.2) is 13.9 Å². The van der Waals surface area contributed by atoms with E-state index < -0.39 is 17.3 Å². The van der Waals surface area contributed by atoms with Gasteiger partial charge in [0.2, 0.25) is 0 Å². The molecule has 0 aliphatic heterocycles. The lowest BCUT2D eigenvalue weighted by Gasteiger charge is -2.06. The Hall–Kier alpha value is -3.01. The summed E-state index contributed by atoms with van der Waals surface area (Å²) in [7, 11) is 0. The molecule has 0 amide bonds. The van der Waals surface area contributed by atoms with Crippen LogP contribution >= 0.6 is 0 Å². The number of aromatic carboxylic acids is 1. The Morgan fingerprint density at radius 3 is 2.75 bits per heavy atom. The number of benzene rings is 1. The van der Waals surface area contributed by atoms with Crippen molar-refractivity contribution in [3.8, 4) is 6.07 Å². The molecule has 100 valence electrons. The average Bonchev–Trinajstić information content (AvgIpc) is 2.42. The first-order valence-corrected chi connectivity index (χ1v) is 5.51. The fourth-order valence-electron chi connectivity index (χ4n) is 1.58. The second-order valence-corrected chi connectivity index (χ2v) is 3.94. The number of hydrogen-bond acceptors (Lipinski definition) is 4. The lowest BCUT2D eigenvalue weighted by molar-refractivity contribution is 0.0687. The lowest BCUT2D eigenvalue weighted by atomic mass is 10.1. The molecule has 0 bridgehead atoms. The predicted molar refractivity (Wildman–Crippen MR) is 65.7 cm³/mol. The number of carboxylic acids is 1. The van der Waals surface area contributed by atoms with Crippen LogP contribution in [0.3, 0.4) is 0 Å². The summed E-state index contributed by atoms with van der Waals surface area (Å²) in [6.07, 6.45) is 0. The standard InChI is InChI=1S/C13H8FN3O3/c14-10-5-8(6-15)1-2-9(10)7-17-12(18)4-3-11(16-17)13(19)20/h1-5H,7H2,(H,19,20). The number of nitrogens with zero attached hydrogens (tertiary/aromatic N) is 3. The third kappa shape index (κ3) is 2.70. The lowest BCUT2D eigenvalue weighted by Crippen LogP contribution is -2.25. The first kappa shape index (κ1) is 13.4. The zero-order valence-electron chi connectivity index (χ0n) is 10.1. The number of hydrogen-bond donors (Lipinski definition) is 1. The van der Waals surface area contributed by atoms with Crippen molar-refractivity contribution in [3.63, 3.8) is 0 Å². The fraction of sp³-hybridized carbons (Fsp3) is 0.0769. The van der Waals surface area contributed by atoms with Crippen molar-refractivity contribution in [1.29, 1.82) is 5.26 Å². The normalized spacial score (nSPS) is 10.0. The van der Waals surface area contributed by atoms with Crippen molar-refractivity contribution in [3.05, 3.63) is 63.3 Å². The highest BCUT2D eigenvalue weighted by Gasteiger charge is 2.10. The Morgan fingerprint density at radius 1 is 1.40 bits per heavy atom. The Labute approximate surface area is 112 Å². The Bertz CT molecular complexity index is 777. The minimum absolute atomic E-state index is 0.140. The predicted octanol–water partition coefficient (Wildman–Crippen LogP) is 1.00. The van der Waals surface area contributed by atoms with Crippen molar-refractivity contribution in [1.82, 2.24) is 9.78 Å². The van der Waals surface area contributed by atoms with Crippen LogP contribution in [0.25, 0.3) is 0 Å². The van der Waals surface area contributed by atoms with Crippen molar-refractivity contribution in [2.75, 3.05) is 0 Å². The fourth-order valence-corrected chi connectivity index (χ4v) is 1.58. The quantitative estimate of drug-likeness (QED) is 0.899. The molecule has 1 heterocycles. The maximum absolute atomic E-state index is 13.7. The van der Waals surface area contributed by atoms with E-state index in [0.29, 0.717) is 0 Å². The van der Waals surface area contributed by atoms with Crippen LogP contribution in [0.4, 0.5) is 4.39 Å². The molecule has 0 aliphatic carbocycles. The molecule has 1 aromatic carbocycles. The van der Waals surface area contributed by atoms with Crippen molar-refractivity contribution >= 4 is 5.97 Å². The molecule has 2 aromatic rings. The van der Waals surface area contributed by atoms with Gasteiger partial charge in [-0.15, -0.1) is 0 Å². The smallest absolute Gasteiger partial charge is 0.356 e. The third-order valence-electron chi connectivity index (χ3n) is 2.59. The highest BCUT2D eigenvalue weighted by atomic mass is 19.1. The molecule has 0 aliphatic rings. The van der Waals surface area contributed by atoms with Crippen molar-refractivity contribution in [2.24, 2.45) is 0 Å². The summed E-state index contributed by atoms with van der Waals surface area (Å²) in [5.41, 5.74) is -0.551. The minimum atomic E-state index is -1.28. The first-order chi connectivity index (χ1) is 9.51. The van der Waals surface area contributed by atoms with E-state index in [9.17, 15) is 14.0 Å². The molecule has 1 aromatic heterocycles. The third-order valence-corrected chi connectivity index (χ3v) is 2.59. The van der Waals surface area contributed by atoms with E-state index in [1.165, 1.54) is 12.1 Å². The van der Waals surface area contributed by atoms with Gasteiger partial charge in [-0.1, -0.05) is 6.07 Å². The molecule has 2 rings (SSSR count). The SMILES string of the molecule is N#Cc1ccc(Cn2nc(C(=O)O)ccc2=O)c(F)c1. The van der Waals surface area contributed by atoms with Gasteiger partial charge >= 0.3 is 5.97 Å². The van der Waals surface area contributed by atoms with Crippen LogP contribution in [0.1, 0.15) is 21.6 Å². The summed E-state index contributed by atoms with van der Waals surface area (Å²) in [5, 5.41) is 21.1. The summed E-state index contributed by atoms with van der Waals surface area (Å²) in [4.78, 5) is 22.3. The van der Waals surface area contributed by atoms with Crippen LogP contribution in [0, 0.1) is 17.1 Å². The van der Waals surface area contributed by atoms with Gasteiger partial charge in [-0.2, -0.15) is 10.4 Å². The largest absolute Gasteiger partial charge is 0.476 e. The molecule has 0 fully saturated rings. The van der Waals surface area contributed by atoms with Gasteiger partial charge in [-0.05, 0) is 18.2 Å². The van der Waals surface area contributed by atoms with E-state index in [-0.39, 0.29) is 23.4 Å². The maximum atomic E-state index is 13.7. The maximum Gasteiger partial charge on any atom is 0.356 e. The minimum Gasteiger partial charge on any atom is -0.476 e. The highest BCUT2D eigenvalue weighted by molar-refractivity contribution is 5.84. The van der Waals surface area contributed by atoms with Gasteiger partial charge in [0.25, 0.3) is 5.56 Å². The number of rotatable bonds is 3. The topological polar surface area (TPSA) is 96.0 Å². The molecule has 0 unspecified atom stereocenters. The zero-order valence-corrected chi connectivity index (χ0v) is 10.1. The molecule has 0 saturated carbocycles. The summed E-state index contributed by atoms with van der Waals surface area (Å²) in [6.45, 7) is -0.211. The monoisotopic (exact) mass is 273 g/mol. The van der Waals surface area contributed by atoms with E-state index in [2.05, 4.69) is 5.10 Å². The molecular formula is C13H8FN3O3. The van der Waals surface area contributed by atoms with E-state index in [4.69, 9.17) is 10.4 Å². The van der Waals surface area contributed by atoms with Gasteiger partial charge in [0.1, 0.15) is 5.82 Å². The van der Waals surface area contributed by atoms with Gasteiger partial charge < -0.3 is 5.11 Å². The number of aromatic nitrogens is 2. The summed E-state index contributed by atoms with van der Waals surface area (Å²) in [5.74, 6) is -1.93. The number of carbonyl (C=O) groups is 1. The van der Waals surface area contributed by atoms with Gasteiger partial charge in [-0.3, -0.25) is 4.79 Å². The van der Waals surface area contributed by atoms with Crippen LogP contribution < -0.4 is 5.56 Å². The highest BCUT2D eigenvalue weighted by Crippen LogP contribution is 2.10. The molecule has 20 heavy (non-hydrogen) atoms. The summed E-state index contributed by atoms with van der Waals surface area (Å²) in [6, 6.07) is 7.73. The molecule has 0 spiro atoms. The molecule has 7 heteroatoms. The van der Waals surface area contributed by atoms with Crippen LogP contribution in [-0.4, -0.2) is 20.9 Å². The molecule has 0 radical (unpaired) electrons. The molecule has 0 saturated heterocycles. The van der Waals surface area contributed by atoms with Crippen molar-refractivity contribution < 1.29 is 14.3 Å². The summed E-state index contributed by atoms with van der Waals surface area (Å²) < 4.78 is 14.6. The molecule has 1 N–H and O–H groups in total. The molecular weight excluding hydrogens is 265 g/mol. The van der Waals surface area contributed by atoms with Gasteiger partial charge in [0, 0.05) is 11.6 Å². The average molecular weight is 273 g/mol. The number of nitriles is 1. The number of halogens is 1. The van der Waals surface area contributed by atoms with Gasteiger partial charge in [0.05, 0.1) is 18.2 Å². The second-order valence-electron chi connectivity index (χ2n) is 3.94. The number of carboxylic acid groups (broad SMARTS) is 1. The summed E-state index contributed by atoms with van der Waals surface area (Å²) >= 11 is 0. The van der Waals surface area contributed by atoms with Crippen molar-refractivity contribution in [2.45, 2.75) is 6.54 Å². The first-order valence-electron chi connectivity index (χ1n) is 5.51. The Kier molecular flexibility index (Phi) is 3.57. The van der Waals surface area contributed by atoms with Gasteiger partial charge in [0.15, 0.2) is 5.69 Å². The van der Waals surface area contributed by atoms with E-state index in [1.807, 2.05) is 0 Å². The molecule has 6 nitrogen and oxygen atoms in total. The Balaban J connectivity index is 2.40. The van der Waals surface area contributed by atoms with Crippen LogP contribution in [0.5, 0.6) is 0 Å². The van der Waals surface area contributed by atoms with Crippen LogP contribution in [0.2, 0.25) is 0 Å². The van der Waals surface area contributed by atoms with Crippen LogP contribution in [0.15, 0.2) is 35.1 Å². The van der Waals surface area contributed by atoms with E-state index >= 15 is 0 Å². The Morgan fingerprint density at radius 2 is 2.15 bits per heavy atom. The zero-order chi connectivity index (χ0) is 14.7. The van der Waals surface area contributed by atoms with Crippen LogP contribution in [-0.2, 0) is 6.54 Å². The van der Waals surface area contributed by atoms with E-state index in [0.717, 1.165) is 22.9 Å². The second kappa shape index (κ2) is 5.32.